The highest BCUT2D eigenvalue weighted by Gasteiger charge is 2.17. The third kappa shape index (κ3) is 4.27. The molecule has 2 aromatic carbocycles. The van der Waals surface area contributed by atoms with Gasteiger partial charge < -0.3 is 5.32 Å². The van der Waals surface area contributed by atoms with Crippen LogP contribution in [0.25, 0.3) is 0 Å². The van der Waals surface area contributed by atoms with E-state index in [2.05, 4.69) is 10.6 Å². The van der Waals surface area contributed by atoms with Gasteiger partial charge in [0.2, 0.25) is 0 Å². The second-order valence-electron chi connectivity index (χ2n) is 5.15. The second-order valence-corrected chi connectivity index (χ2v) is 5.97. The molecule has 2 aromatic rings. The summed E-state index contributed by atoms with van der Waals surface area (Å²) in [7, 11) is 0. The van der Waals surface area contributed by atoms with Crippen LogP contribution in [-0.2, 0) is 0 Å². The molecule has 6 nitrogen and oxygen atoms in total. The highest BCUT2D eigenvalue weighted by Crippen LogP contribution is 2.25. The molecule has 0 atom stereocenters. The van der Waals surface area contributed by atoms with Crippen molar-refractivity contribution >= 4 is 46.2 Å². The normalized spacial score (nSPS) is 10.1. The van der Waals surface area contributed by atoms with Crippen molar-refractivity contribution in [3.05, 3.63) is 68.2 Å². The summed E-state index contributed by atoms with van der Waals surface area (Å²) in [5, 5.41) is 16.4. The minimum Gasteiger partial charge on any atom is -0.332 e. The topological polar surface area (TPSA) is 84.3 Å². The number of benzene rings is 2. The van der Waals surface area contributed by atoms with E-state index >= 15 is 0 Å². The maximum atomic E-state index is 12.2. The predicted octanol–water partition coefficient (Wildman–Crippen LogP) is 3.99. The molecular weight excluding hydrogens is 350 g/mol. The minimum absolute atomic E-state index is 0.0347. The molecule has 0 aromatic heterocycles. The molecule has 0 aliphatic rings. The summed E-state index contributed by atoms with van der Waals surface area (Å²) >= 11 is 10.8. The summed E-state index contributed by atoms with van der Waals surface area (Å²) in [6.07, 6.45) is 0. The lowest BCUT2D eigenvalue weighted by molar-refractivity contribution is -0.384. The van der Waals surface area contributed by atoms with E-state index in [0.29, 0.717) is 0 Å². The van der Waals surface area contributed by atoms with Crippen LogP contribution in [0.3, 0.4) is 0 Å². The number of nitrogens with one attached hydrogen (secondary N) is 2. The fraction of sp³-hybridized carbons (Fsp3) is 0.125. The Bertz CT molecular complexity index is 839. The maximum Gasteiger partial charge on any atom is 0.288 e. The molecule has 0 bridgehead atoms. The smallest absolute Gasteiger partial charge is 0.288 e. The van der Waals surface area contributed by atoms with E-state index in [1.54, 1.807) is 0 Å². The number of carbonyl (C=O) groups excluding carboxylic acids is 1. The van der Waals surface area contributed by atoms with Crippen LogP contribution in [0.2, 0.25) is 5.02 Å². The first kappa shape index (κ1) is 17.8. The molecule has 0 fully saturated rings. The molecule has 0 unspecified atom stereocenters. The third-order valence-electron chi connectivity index (χ3n) is 3.26. The van der Waals surface area contributed by atoms with E-state index in [4.69, 9.17) is 23.8 Å². The Balaban J connectivity index is 2.10. The number of carbonyl (C=O) groups is 1. The van der Waals surface area contributed by atoms with Gasteiger partial charge in [0, 0.05) is 17.3 Å². The van der Waals surface area contributed by atoms with Gasteiger partial charge in [-0.1, -0.05) is 29.3 Å². The molecule has 24 heavy (non-hydrogen) atoms. The Kier molecular flexibility index (Phi) is 5.48. The number of halogens is 1. The summed E-state index contributed by atoms with van der Waals surface area (Å²) in [6, 6.07) is 9.56. The van der Waals surface area contributed by atoms with E-state index in [9.17, 15) is 14.9 Å². The molecule has 0 spiro atoms. The van der Waals surface area contributed by atoms with Crippen molar-refractivity contribution in [2.45, 2.75) is 13.8 Å². The van der Waals surface area contributed by atoms with Crippen LogP contribution in [0.15, 0.2) is 36.4 Å². The first-order valence-corrected chi connectivity index (χ1v) is 7.70. The number of nitrogens with zero attached hydrogens (tertiary/aromatic N) is 1. The molecule has 0 aliphatic carbocycles. The van der Waals surface area contributed by atoms with Gasteiger partial charge in [0.25, 0.3) is 11.6 Å². The molecule has 2 rings (SSSR count). The van der Waals surface area contributed by atoms with Gasteiger partial charge in [-0.05, 0) is 49.8 Å². The van der Waals surface area contributed by atoms with Crippen molar-refractivity contribution in [1.29, 1.82) is 0 Å². The number of hydrogen-bond donors (Lipinski definition) is 2. The second kappa shape index (κ2) is 7.37. The van der Waals surface area contributed by atoms with Gasteiger partial charge in [0.05, 0.1) is 4.92 Å². The Morgan fingerprint density at radius 2 is 1.92 bits per heavy atom. The number of thiocarbonyl (C=S) groups is 1. The Morgan fingerprint density at radius 3 is 2.54 bits per heavy atom. The first-order chi connectivity index (χ1) is 11.3. The molecule has 0 aliphatic heterocycles. The van der Waals surface area contributed by atoms with Crippen molar-refractivity contribution < 1.29 is 9.72 Å². The standard InChI is InChI=1S/C16H14ClN3O3S/c1-9-3-6-13(10(2)7-9)18-16(24)19-15(21)11-4-5-12(17)14(8-11)20(22)23/h3-8H,1-2H3,(H2,18,19,21,24). The maximum absolute atomic E-state index is 12.2. The van der Waals surface area contributed by atoms with Gasteiger partial charge in [-0.25, -0.2) is 0 Å². The van der Waals surface area contributed by atoms with Gasteiger partial charge in [0.15, 0.2) is 5.11 Å². The SMILES string of the molecule is Cc1ccc(NC(=S)NC(=O)c2ccc(Cl)c([N+](=O)[O-])c2)c(C)c1. The van der Waals surface area contributed by atoms with E-state index < -0.39 is 10.8 Å². The Labute approximate surface area is 149 Å². The lowest BCUT2D eigenvalue weighted by Crippen LogP contribution is -2.34. The van der Waals surface area contributed by atoms with Gasteiger partial charge in [-0.15, -0.1) is 0 Å². The van der Waals surface area contributed by atoms with E-state index in [1.807, 2.05) is 32.0 Å². The predicted molar refractivity (Wildman–Crippen MR) is 97.7 cm³/mol. The lowest BCUT2D eigenvalue weighted by Gasteiger charge is -2.12. The summed E-state index contributed by atoms with van der Waals surface area (Å²) < 4.78 is 0. The van der Waals surface area contributed by atoms with Crippen molar-refractivity contribution in [3.63, 3.8) is 0 Å². The van der Waals surface area contributed by atoms with Crippen molar-refractivity contribution in [2.24, 2.45) is 0 Å². The highest BCUT2D eigenvalue weighted by atomic mass is 35.5. The van der Waals surface area contributed by atoms with E-state index in [1.165, 1.54) is 12.1 Å². The summed E-state index contributed by atoms with van der Waals surface area (Å²) in [4.78, 5) is 22.4. The largest absolute Gasteiger partial charge is 0.332 e. The minimum atomic E-state index is -0.647. The molecule has 1 amide bonds. The number of nitro groups is 1. The zero-order valence-corrected chi connectivity index (χ0v) is 14.5. The summed E-state index contributed by atoms with van der Waals surface area (Å²) in [5.41, 5.74) is 2.62. The molecule has 8 heteroatoms. The number of hydrogen-bond acceptors (Lipinski definition) is 4. The van der Waals surface area contributed by atoms with Gasteiger partial charge in [-0.2, -0.15) is 0 Å². The Hall–Kier alpha value is -2.51. The number of rotatable bonds is 3. The zero-order chi connectivity index (χ0) is 17.9. The fourth-order valence-electron chi connectivity index (χ4n) is 2.08. The van der Waals surface area contributed by atoms with Crippen LogP contribution in [0, 0.1) is 24.0 Å². The summed E-state index contributed by atoms with van der Waals surface area (Å²) in [5.74, 6) is -0.558. The average Bonchev–Trinajstić information content (AvgIpc) is 2.50. The van der Waals surface area contributed by atoms with Crippen LogP contribution < -0.4 is 10.6 Å². The van der Waals surface area contributed by atoms with Gasteiger partial charge >= 0.3 is 0 Å². The van der Waals surface area contributed by atoms with Crippen molar-refractivity contribution in [2.75, 3.05) is 5.32 Å². The monoisotopic (exact) mass is 363 g/mol. The Morgan fingerprint density at radius 1 is 1.21 bits per heavy atom. The number of aryl methyl sites for hydroxylation is 2. The highest BCUT2D eigenvalue weighted by molar-refractivity contribution is 7.80. The van der Waals surface area contributed by atoms with Crippen LogP contribution in [-0.4, -0.2) is 15.9 Å². The van der Waals surface area contributed by atoms with Crippen LogP contribution in [0.4, 0.5) is 11.4 Å². The quantitative estimate of drug-likeness (QED) is 0.489. The number of anilines is 1. The first-order valence-electron chi connectivity index (χ1n) is 6.91. The van der Waals surface area contributed by atoms with Gasteiger partial charge in [-0.3, -0.25) is 20.2 Å². The molecular formula is C16H14ClN3O3S. The van der Waals surface area contributed by atoms with E-state index in [0.717, 1.165) is 22.9 Å². The molecule has 124 valence electrons. The average molecular weight is 364 g/mol. The zero-order valence-electron chi connectivity index (χ0n) is 12.9. The molecule has 0 radical (unpaired) electrons. The molecule has 0 saturated carbocycles. The number of nitro benzene ring substituents is 1. The van der Waals surface area contributed by atoms with E-state index in [-0.39, 0.29) is 21.4 Å². The van der Waals surface area contributed by atoms with Crippen molar-refractivity contribution in [1.82, 2.24) is 5.32 Å². The number of amides is 1. The molecule has 2 N–H and O–H groups in total. The molecule has 0 heterocycles. The van der Waals surface area contributed by atoms with Gasteiger partial charge in [0.1, 0.15) is 5.02 Å². The van der Waals surface area contributed by atoms with Crippen molar-refractivity contribution in [3.8, 4) is 0 Å². The summed E-state index contributed by atoms with van der Waals surface area (Å²) in [6.45, 7) is 3.90. The van der Waals surface area contributed by atoms with Crippen LogP contribution >= 0.6 is 23.8 Å². The van der Waals surface area contributed by atoms with Crippen LogP contribution in [0.1, 0.15) is 21.5 Å². The molecule has 0 saturated heterocycles. The lowest BCUT2D eigenvalue weighted by atomic mass is 10.1. The fourth-order valence-corrected chi connectivity index (χ4v) is 2.47. The van der Waals surface area contributed by atoms with Crippen LogP contribution in [0.5, 0.6) is 0 Å². The third-order valence-corrected chi connectivity index (χ3v) is 3.79.